The topological polar surface area (TPSA) is 41.6 Å². The first-order chi connectivity index (χ1) is 8.35. The lowest BCUT2D eigenvalue weighted by Gasteiger charge is -2.12. The van der Waals surface area contributed by atoms with E-state index in [0.29, 0.717) is 6.54 Å². The molecule has 0 aliphatic heterocycles. The molecular formula is C14H15N3. The molecule has 0 N–H and O–H groups in total. The fourth-order valence-electron chi connectivity index (χ4n) is 1.92. The van der Waals surface area contributed by atoms with Gasteiger partial charge in [0.2, 0.25) is 0 Å². The highest BCUT2D eigenvalue weighted by Gasteiger charge is 2.12. The molecule has 1 heterocycles. The Hall–Kier alpha value is -2.08. The molecule has 0 saturated carbocycles. The van der Waals surface area contributed by atoms with E-state index in [-0.39, 0.29) is 5.92 Å². The third kappa shape index (κ3) is 2.54. The van der Waals surface area contributed by atoms with E-state index in [1.807, 2.05) is 36.5 Å². The summed E-state index contributed by atoms with van der Waals surface area (Å²) in [5.41, 5.74) is 1.06. The Morgan fingerprint density at radius 3 is 2.76 bits per heavy atom. The molecule has 0 radical (unpaired) electrons. The van der Waals surface area contributed by atoms with E-state index in [9.17, 15) is 5.26 Å². The normalized spacial score (nSPS) is 12.0. The summed E-state index contributed by atoms with van der Waals surface area (Å²) in [4.78, 5) is 4.27. The standard InChI is InChI=1S/C14H15N3/c1-2-14-16-8-9-17(14)11-13(10-15)12-6-4-3-5-7-12/h3-9,13H,2,11H2,1H3. The van der Waals surface area contributed by atoms with Crippen LogP contribution in [0.1, 0.15) is 24.2 Å². The van der Waals surface area contributed by atoms with E-state index in [0.717, 1.165) is 17.8 Å². The molecule has 2 rings (SSSR count). The number of benzene rings is 1. The van der Waals surface area contributed by atoms with Gasteiger partial charge in [-0.2, -0.15) is 5.26 Å². The van der Waals surface area contributed by atoms with E-state index in [1.165, 1.54) is 0 Å². The fraction of sp³-hybridized carbons (Fsp3) is 0.286. The third-order valence-corrected chi connectivity index (χ3v) is 2.85. The van der Waals surface area contributed by atoms with Crippen molar-refractivity contribution in [2.45, 2.75) is 25.8 Å². The maximum Gasteiger partial charge on any atom is 0.108 e. The largest absolute Gasteiger partial charge is 0.333 e. The minimum Gasteiger partial charge on any atom is -0.333 e. The number of aryl methyl sites for hydroxylation is 1. The second-order valence-electron chi connectivity index (χ2n) is 3.94. The lowest BCUT2D eigenvalue weighted by Crippen LogP contribution is -2.09. The molecule has 0 amide bonds. The molecule has 2 aromatic rings. The Labute approximate surface area is 101 Å². The maximum atomic E-state index is 9.26. The van der Waals surface area contributed by atoms with E-state index >= 15 is 0 Å². The summed E-state index contributed by atoms with van der Waals surface area (Å²) in [6, 6.07) is 12.3. The Morgan fingerprint density at radius 1 is 1.35 bits per heavy atom. The minimum absolute atomic E-state index is 0.115. The van der Waals surface area contributed by atoms with Crippen molar-refractivity contribution in [1.82, 2.24) is 9.55 Å². The molecule has 1 unspecified atom stereocenters. The smallest absolute Gasteiger partial charge is 0.108 e. The molecule has 86 valence electrons. The molecule has 0 spiro atoms. The zero-order valence-electron chi connectivity index (χ0n) is 9.87. The Morgan fingerprint density at radius 2 is 2.12 bits per heavy atom. The van der Waals surface area contributed by atoms with Crippen LogP contribution in [0.15, 0.2) is 42.7 Å². The summed E-state index contributed by atoms with van der Waals surface area (Å²) >= 11 is 0. The lowest BCUT2D eigenvalue weighted by molar-refractivity contribution is 0.615. The van der Waals surface area contributed by atoms with Gasteiger partial charge in [-0.1, -0.05) is 37.3 Å². The zero-order chi connectivity index (χ0) is 12.1. The van der Waals surface area contributed by atoms with Crippen LogP contribution in [0.4, 0.5) is 0 Å². The van der Waals surface area contributed by atoms with Crippen LogP contribution in [-0.4, -0.2) is 9.55 Å². The van der Waals surface area contributed by atoms with E-state index in [1.54, 1.807) is 6.20 Å². The van der Waals surface area contributed by atoms with Crippen LogP contribution in [-0.2, 0) is 13.0 Å². The zero-order valence-corrected chi connectivity index (χ0v) is 9.87. The number of imidazole rings is 1. The molecule has 3 heteroatoms. The highest BCUT2D eigenvalue weighted by molar-refractivity contribution is 5.24. The summed E-state index contributed by atoms with van der Waals surface area (Å²) in [7, 11) is 0. The number of aromatic nitrogens is 2. The van der Waals surface area contributed by atoms with Crippen LogP contribution < -0.4 is 0 Å². The molecule has 0 aliphatic carbocycles. The summed E-state index contributed by atoms with van der Waals surface area (Å²) in [5.74, 6) is 0.914. The van der Waals surface area contributed by atoms with Gasteiger partial charge >= 0.3 is 0 Å². The van der Waals surface area contributed by atoms with Gasteiger partial charge in [-0.15, -0.1) is 0 Å². The van der Waals surface area contributed by atoms with Crippen LogP contribution in [0.2, 0.25) is 0 Å². The molecule has 3 nitrogen and oxygen atoms in total. The molecular weight excluding hydrogens is 210 g/mol. The van der Waals surface area contributed by atoms with Crippen molar-refractivity contribution in [1.29, 1.82) is 5.26 Å². The number of nitrogens with zero attached hydrogens (tertiary/aromatic N) is 3. The molecule has 1 aromatic heterocycles. The first kappa shape index (κ1) is 11.4. The van der Waals surface area contributed by atoms with E-state index < -0.39 is 0 Å². The third-order valence-electron chi connectivity index (χ3n) is 2.85. The van der Waals surface area contributed by atoms with Gasteiger partial charge in [0.15, 0.2) is 0 Å². The molecule has 0 fully saturated rings. The van der Waals surface area contributed by atoms with Crippen LogP contribution in [0.3, 0.4) is 0 Å². The van der Waals surface area contributed by atoms with Gasteiger partial charge in [-0.3, -0.25) is 0 Å². The van der Waals surface area contributed by atoms with Crippen LogP contribution >= 0.6 is 0 Å². The minimum atomic E-state index is -0.115. The molecule has 0 bridgehead atoms. The van der Waals surface area contributed by atoms with Gasteiger partial charge in [-0.05, 0) is 5.56 Å². The number of hydrogen-bond donors (Lipinski definition) is 0. The van der Waals surface area contributed by atoms with Gasteiger partial charge in [0, 0.05) is 25.4 Å². The lowest BCUT2D eigenvalue weighted by atomic mass is 10.0. The monoisotopic (exact) mass is 225 g/mol. The van der Waals surface area contributed by atoms with Gasteiger partial charge in [0.05, 0.1) is 12.0 Å². The maximum absolute atomic E-state index is 9.26. The first-order valence-corrected chi connectivity index (χ1v) is 5.79. The van der Waals surface area contributed by atoms with Crippen molar-refractivity contribution in [3.05, 3.63) is 54.1 Å². The molecule has 1 atom stereocenters. The summed E-state index contributed by atoms with van der Waals surface area (Å²) < 4.78 is 2.06. The summed E-state index contributed by atoms with van der Waals surface area (Å²) in [6.45, 7) is 2.74. The van der Waals surface area contributed by atoms with Crippen molar-refractivity contribution in [2.75, 3.05) is 0 Å². The second-order valence-corrected chi connectivity index (χ2v) is 3.94. The van der Waals surface area contributed by atoms with Crippen molar-refractivity contribution in [3.63, 3.8) is 0 Å². The Bertz CT molecular complexity index is 508. The summed E-state index contributed by atoms with van der Waals surface area (Å²) in [6.07, 6.45) is 4.62. The quantitative estimate of drug-likeness (QED) is 0.802. The average molecular weight is 225 g/mol. The van der Waals surface area contributed by atoms with Crippen LogP contribution in [0, 0.1) is 11.3 Å². The average Bonchev–Trinajstić information content (AvgIpc) is 2.84. The Kier molecular flexibility index (Phi) is 3.56. The number of rotatable bonds is 4. The molecule has 0 saturated heterocycles. The van der Waals surface area contributed by atoms with Crippen molar-refractivity contribution < 1.29 is 0 Å². The fourth-order valence-corrected chi connectivity index (χ4v) is 1.92. The van der Waals surface area contributed by atoms with Crippen LogP contribution in [0.25, 0.3) is 0 Å². The van der Waals surface area contributed by atoms with Gasteiger partial charge < -0.3 is 4.57 Å². The highest BCUT2D eigenvalue weighted by Crippen LogP contribution is 2.17. The predicted octanol–water partition coefficient (Wildman–Crippen LogP) is 2.75. The molecule has 1 aromatic carbocycles. The predicted molar refractivity (Wildman–Crippen MR) is 66.4 cm³/mol. The van der Waals surface area contributed by atoms with Crippen LogP contribution in [0.5, 0.6) is 0 Å². The van der Waals surface area contributed by atoms with E-state index in [4.69, 9.17) is 0 Å². The molecule has 0 aliphatic rings. The highest BCUT2D eigenvalue weighted by atomic mass is 15.1. The second kappa shape index (κ2) is 5.31. The van der Waals surface area contributed by atoms with Crippen molar-refractivity contribution in [2.24, 2.45) is 0 Å². The number of nitriles is 1. The van der Waals surface area contributed by atoms with Gasteiger partial charge in [0.1, 0.15) is 5.82 Å². The van der Waals surface area contributed by atoms with Crippen molar-refractivity contribution in [3.8, 4) is 6.07 Å². The van der Waals surface area contributed by atoms with Gasteiger partial charge in [0.25, 0.3) is 0 Å². The number of hydrogen-bond acceptors (Lipinski definition) is 2. The molecule has 17 heavy (non-hydrogen) atoms. The van der Waals surface area contributed by atoms with Gasteiger partial charge in [-0.25, -0.2) is 4.98 Å². The van der Waals surface area contributed by atoms with Crippen molar-refractivity contribution >= 4 is 0 Å². The Balaban J connectivity index is 2.20. The summed E-state index contributed by atoms with van der Waals surface area (Å²) in [5, 5.41) is 9.26. The SMILES string of the molecule is CCc1nccn1CC(C#N)c1ccccc1. The van der Waals surface area contributed by atoms with E-state index in [2.05, 4.69) is 22.5 Å². The first-order valence-electron chi connectivity index (χ1n) is 5.79.